The van der Waals surface area contributed by atoms with Crippen molar-refractivity contribution in [3.63, 3.8) is 0 Å². The number of nitro groups is 1. The predicted octanol–water partition coefficient (Wildman–Crippen LogP) is 2.48. The molecule has 11 heteroatoms. The summed E-state index contributed by atoms with van der Waals surface area (Å²) in [7, 11) is 0. The Kier molecular flexibility index (Phi) is 9.60. The first kappa shape index (κ1) is 24.1. The molecule has 1 amide bonds. The lowest BCUT2D eigenvalue weighted by Gasteiger charge is -2.37. The van der Waals surface area contributed by atoms with Crippen molar-refractivity contribution in [2.75, 3.05) is 38.0 Å². The monoisotopic (exact) mass is 434 g/mol. The van der Waals surface area contributed by atoms with Crippen LogP contribution in [-0.4, -0.2) is 70.5 Å². The van der Waals surface area contributed by atoms with Crippen molar-refractivity contribution in [3.05, 3.63) is 33.3 Å². The van der Waals surface area contributed by atoms with E-state index in [0.29, 0.717) is 19.6 Å². The van der Waals surface area contributed by atoms with Gasteiger partial charge in [-0.2, -0.15) is 0 Å². The van der Waals surface area contributed by atoms with Crippen LogP contribution in [0.25, 0.3) is 0 Å². The second-order valence-corrected chi connectivity index (χ2v) is 6.87. The molecule has 1 aliphatic rings. The lowest BCUT2D eigenvalue weighted by Crippen LogP contribution is -2.48. The van der Waals surface area contributed by atoms with Crippen molar-refractivity contribution >= 4 is 47.3 Å². The highest BCUT2D eigenvalue weighted by Crippen LogP contribution is 2.27. The zero-order valence-corrected chi connectivity index (χ0v) is 17.0. The number of carboxylic acid groups (broad SMARTS) is 1. The fourth-order valence-electron chi connectivity index (χ4n) is 3.27. The maximum atomic E-state index is 12.3. The number of hydrogen-bond acceptors (Lipinski definition) is 6. The molecule has 1 fully saturated rings. The summed E-state index contributed by atoms with van der Waals surface area (Å²) in [4.78, 5) is 37.6. The van der Waals surface area contributed by atoms with Gasteiger partial charge < -0.3 is 10.4 Å². The predicted molar refractivity (Wildman–Crippen MR) is 108 cm³/mol. The van der Waals surface area contributed by atoms with E-state index in [9.17, 15) is 19.7 Å². The Bertz CT molecular complexity index is 711. The maximum Gasteiger partial charge on any atom is 0.317 e. The minimum Gasteiger partial charge on any atom is -0.480 e. The van der Waals surface area contributed by atoms with Gasteiger partial charge in [-0.25, -0.2) is 0 Å². The number of halogens is 2. The molecule has 2 N–H and O–H groups in total. The van der Waals surface area contributed by atoms with E-state index in [1.54, 1.807) is 0 Å². The lowest BCUT2D eigenvalue weighted by molar-refractivity contribution is -0.383. The van der Waals surface area contributed by atoms with E-state index < -0.39 is 10.9 Å². The van der Waals surface area contributed by atoms with E-state index in [2.05, 4.69) is 5.32 Å². The van der Waals surface area contributed by atoms with Crippen LogP contribution in [0.1, 0.15) is 19.8 Å². The number of anilines is 1. The quantitative estimate of drug-likeness (QED) is 0.476. The van der Waals surface area contributed by atoms with Gasteiger partial charge in [-0.05, 0) is 31.5 Å². The van der Waals surface area contributed by atoms with Gasteiger partial charge in [-0.3, -0.25) is 29.5 Å². The molecule has 0 radical (unpaired) electrons. The molecule has 0 atom stereocenters. The van der Waals surface area contributed by atoms with E-state index in [1.165, 1.54) is 18.2 Å². The Morgan fingerprint density at radius 1 is 1.39 bits per heavy atom. The average molecular weight is 435 g/mol. The molecule has 1 saturated heterocycles. The van der Waals surface area contributed by atoms with E-state index in [-0.39, 0.29) is 53.8 Å². The zero-order valence-electron chi connectivity index (χ0n) is 15.5. The van der Waals surface area contributed by atoms with Crippen LogP contribution >= 0.6 is 24.0 Å². The first-order valence-electron chi connectivity index (χ1n) is 8.72. The van der Waals surface area contributed by atoms with Crippen LogP contribution in [0, 0.1) is 10.1 Å². The number of likely N-dealkylation sites (tertiary alicyclic amines) is 1. The molecule has 156 valence electrons. The molecule has 9 nitrogen and oxygen atoms in total. The topological polar surface area (TPSA) is 116 Å². The summed E-state index contributed by atoms with van der Waals surface area (Å²) in [6, 6.07) is 4.28. The minimum atomic E-state index is -0.844. The molecule has 0 spiro atoms. The number of carboxylic acids is 1. The van der Waals surface area contributed by atoms with Crippen LogP contribution in [0.4, 0.5) is 11.4 Å². The van der Waals surface area contributed by atoms with Gasteiger partial charge in [0, 0.05) is 30.2 Å². The SMILES string of the molecule is CCN(CC(=O)O)C1CCN(CC(=O)Nc2ccc(Cl)cc2[N+](=O)[O-])CC1.Cl. The summed E-state index contributed by atoms with van der Waals surface area (Å²) >= 11 is 5.77. The van der Waals surface area contributed by atoms with Gasteiger partial charge in [0.1, 0.15) is 5.69 Å². The second-order valence-electron chi connectivity index (χ2n) is 6.43. The van der Waals surface area contributed by atoms with Crippen molar-refractivity contribution in [1.82, 2.24) is 9.80 Å². The molecule has 1 heterocycles. The number of amides is 1. The van der Waals surface area contributed by atoms with Gasteiger partial charge >= 0.3 is 5.97 Å². The standard InChI is InChI=1S/C17H23ClN4O5.ClH/c1-2-21(11-17(24)25)13-5-7-20(8-6-13)10-16(23)19-14-4-3-12(18)9-15(14)22(26)27;/h3-4,9,13H,2,5-8,10-11H2,1H3,(H,19,23)(H,24,25);1H. The number of hydrogen-bond donors (Lipinski definition) is 2. The Morgan fingerprint density at radius 2 is 2.04 bits per heavy atom. The number of nitrogens with one attached hydrogen (secondary N) is 1. The van der Waals surface area contributed by atoms with Gasteiger partial charge in [0.05, 0.1) is 18.0 Å². The van der Waals surface area contributed by atoms with Crippen LogP contribution in [0.3, 0.4) is 0 Å². The molecule has 0 aliphatic carbocycles. The normalized spacial score (nSPS) is 15.1. The number of likely N-dealkylation sites (N-methyl/N-ethyl adjacent to an activating group) is 1. The number of benzene rings is 1. The largest absolute Gasteiger partial charge is 0.480 e. The molecule has 0 bridgehead atoms. The number of nitro benzene ring substituents is 1. The van der Waals surface area contributed by atoms with E-state index in [4.69, 9.17) is 16.7 Å². The molecule has 1 aromatic carbocycles. The van der Waals surface area contributed by atoms with Crippen LogP contribution < -0.4 is 5.32 Å². The third-order valence-electron chi connectivity index (χ3n) is 4.62. The molecular formula is C17H24Cl2N4O5. The van der Waals surface area contributed by atoms with Crippen molar-refractivity contribution in [2.24, 2.45) is 0 Å². The first-order chi connectivity index (χ1) is 12.8. The van der Waals surface area contributed by atoms with E-state index in [1.807, 2.05) is 16.7 Å². The highest BCUT2D eigenvalue weighted by molar-refractivity contribution is 6.31. The fourth-order valence-corrected chi connectivity index (χ4v) is 3.44. The van der Waals surface area contributed by atoms with Crippen LogP contribution in [0.2, 0.25) is 5.02 Å². The number of aliphatic carboxylic acids is 1. The number of carbonyl (C=O) groups is 2. The molecule has 2 rings (SSSR count). The van der Waals surface area contributed by atoms with E-state index in [0.717, 1.165) is 12.8 Å². The van der Waals surface area contributed by atoms with Crippen molar-refractivity contribution < 1.29 is 19.6 Å². The summed E-state index contributed by atoms with van der Waals surface area (Å²) in [5, 5.41) is 22.9. The highest BCUT2D eigenvalue weighted by Gasteiger charge is 2.26. The molecule has 1 aromatic rings. The average Bonchev–Trinajstić information content (AvgIpc) is 2.61. The summed E-state index contributed by atoms with van der Waals surface area (Å²) in [5.74, 6) is -1.18. The fraction of sp³-hybridized carbons (Fsp3) is 0.529. The Labute approximate surface area is 174 Å². The van der Waals surface area contributed by atoms with Crippen LogP contribution in [-0.2, 0) is 9.59 Å². The third kappa shape index (κ3) is 6.90. The zero-order chi connectivity index (χ0) is 20.0. The molecular weight excluding hydrogens is 411 g/mol. The lowest BCUT2D eigenvalue weighted by atomic mass is 10.0. The van der Waals surface area contributed by atoms with Crippen molar-refractivity contribution in [1.29, 1.82) is 0 Å². The van der Waals surface area contributed by atoms with Gasteiger partial charge in [-0.1, -0.05) is 18.5 Å². The minimum absolute atomic E-state index is 0. The summed E-state index contributed by atoms with van der Waals surface area (Å²) in [6.07, 6.45) is 1.55. The summed E-state index contributed by atoms with van der Waals surface area (Å²) in [6.45, 7) is 4.06. The Morgan fingerprint density at radius 3 is 2.57 bits per heavy atom. The molecule has 1 aliphatic heterocycles. The summed E-state index contributed by atoms with van der Waals surface area (Å²) < 4.78 is 0. The third-order valence-corrected chi connectivity index (χ3v) is 4.85. The van der Waals surface area contributed by atoms with Crippen molar-refractivity contribution in [3.8, 4) is 0 Å². The van der Waals surface area contributed by atoms with Crippen molar-refractivity contribution in [2.45, 2.75) is 25.8 Å². The molecule has 28 heavy (non-hydrogen) atoms. The maximum absolute atomic E-state index is 12.3. The van der Waals surface area contributed by atoms with Crippen LogP contribution in [0.5, 0.6) is 0 Å². The van der Waals surface area contributed by atoms with Gasteiger partial charge in [-0.15, -0.1) is 12.4 Å². The second kappa shape index (κ2) is 11.2. The van der Waals surface area contributed by atoms with E-state index >= 15 is 0 Å². The van der Waals surface area contributed by atoms with Gasteiger partial charge in [0.25, 0.3) is 5.69 Å². The highest BCUT2D eigenvalue weighted by atomic mass is 35.5. The number of nitrogens with zero attached hydrogens (tertiary/aromatic N) is 3. The van der Waals surface area contributed by atoms with Crippen LogP contribution in [0.15, 0.2) is 18.2 Å². The number of carbonyl (C=O) groups excluding carboxylic acids is 1. The molecule has 0 aromatic heterocycles. The first-order valence-corrected chi connectivity index (χ1v) is 9.10. The number of piperidine rings is 1. The smallest absolute Gasteiger partial charge is 0.317 e. The Balaban J connectivity index is 0.00000392. The Hall–Kier alpha value is -1.94. The number of rotatable bonds is 8. The summed E-state index contributed by atoms with van der Waals surface area (Å²) in [5.41, 5.74) is -0.135. The van der Waals surface area contributed by atoms with Gasteiger partial charge in [0.15, 0.2) is 0 Å². The molecule has 0 unspecified atom stereocenters. The van der Waals surface area contributed by atoms with Gasteiger partial charge in [0.2, 0.25) is 5.91 Å². The molecule has 0 saturated carbocycles.